The Morgan fingerprint density at radius 2 is 1.93 bits per heavy atom. The molecule has 28 heavy (non-hydrogen) atoms. The Morgan fingerprint density at radius 3 is 2.61 bits per heavy atom. The van der Waals surface area contributed by atoms with Crippen molar-refractivity contribution in [3.8, 4) is 16.3 Å². The van der Waals surface area contributed by atoms with E-state index in [1.165, 1.54) is 0 Å². The highest BCUT2D eigenvalue weighted by Crippen LogP contribution is 2.26. The predicted octanol–water partition coefficient (Wildman–Crippen LogP) is 5.46. The Bertz CT molecular complexity index is 963. The summed E-state index contributed by atoms with van der Waals surface area (Å²) in [7, 11) is 0. The van der Waals surface area contributed by atoms with Gasteiger partial charge in [-0.3, -0.25) is 4.79 Å². The molecule has 4 nitrogen and oxygen atoms in total. The van der Waals surface area contributed by atoms with Crippen molar-refractivity contribution in [1.82, 2.24) is 9.88 Å². The van der Waals surface area contributed by atoms with Crippen LogP contribution in [-0.2, 0) is 0 Å². The molecule has 1 aliphatic rings. The second-order valence-electron chi connectivity index (χ2n) is 6.94. The first-order valence-electron chi connectivity index (χ1n) is 9.32. The lowest BCUT2D eigenvalue weighted by Gasteiger charge is -2.32. The molecular weight excluding hydrogens is 392 g/mol. The number of carbonyl (C=O) groups excluding carboxylic acids is 1. The van der Waals surface area contributed by atoms with E-state index in [0.717, 1.165) is 34.9 Å². The fraction of sp³-hybridized carbons (Fsp3) is 0.273. The van der Waals surface area contributed by atoms with Crippen LogP contribution in [0, 0.1) is 6.92 Å². The summed E-state index contributed by atoms with van der Waals surface area (Å²) in [5.74, 6) is 0.890. The van der Waals surface area contributed by atoms with Crippen LogP contribution in [-0.4, -0.2) is 35.0 Å². The maximum Gasteiger partial charge on any atom is 0.253 e. The third-order valence-corrected chi connectivity index (χ3v) is 6.08. The lowest BCUT2D eigenvalue weighted by molar-refractivity contribution is 0.0595. The van der Waals surface area contributed by atoms with Crippen LogP contribution in [0.15, 0.2) is 53.9 Å². The summed E-state index contributed by atoms with van der Waals surface area (Å²) >= 11 is 7.51. The molecule has 0 spiro atoms. The monoisotopic (exact) mass is 412 g/mol. The third-order valence-electron chi connectivity index (χ3n) is 4.82. The number of thiazole rings is 1. The van der Waals surface area contributed by atoms with E-state index in [1.54, 1.807) is 11.3 Å². The molecule has 1 fully saturated rings. The molecule has 0 bridgehead atoms. The summed E-state index contributed by atoms with van der Waals surface area (Å²) in [4.78, 5) is 19.4. The number of carbonyl (C=O) groups is 1. The summed E-state index contributed by atoms with van der Waals surface area (Å²) in [6, 6.07) is 15.2. The molecule has 0 N–H and O–H groups in total. The van der Waals surface area contributed by atoms with Crippen LogP contribution in [0.5, 0.6) is 5.75 Å². The molecule has 1 aromatic heterocycles. The smallest absolute Gasteiger partial charge is 0.253 e. The molecule has 6 heteroatoms. The Morgan fingerprint density at radius 1 is 1.18 bits per heavy atom. The van der Waals surface area contributed by atoms with Crippen molar-refractivity contribution in [2.24, 2.45) is 0 Å². The Balaban J connectivity index is 1.38. The van der Waals surface area contributed by atoms with Crippen molar-refractivity contribution in [1.29, 1.82) is 0 Å². The topological polar surface area (TPSA) is 42.4 Å². The molecule has 1 aliphatic heterocycles. The summed E-state index contributed by atoms with van der Waals surface area (Å²) < 4.78 is 6.02. The van der Waals surface area contributed by atoms with Crippen LogP contribution in [0.3, 0.4) is 0 Å². The second-order valence-corrected chi connectivity index (χ2v) is 8.23. The van der Waals surface area contributed by atoms with E-state index in [0.29, 0.717) is 23.7 Å². The van der Waals surface area contributed by atoms with Gasteiger partial charge in [-0.05, 0) is 43.3 Å². The molecule has 3 aromatic rings. The predicted molar refractivity (Wildman–Crippen MR) is 113 cm³/mol. The highest BCUT2D eigenvalue weighted by molar-refractivity contribution is 7.13. The molecule has 1 saturated heterocycles. The molecule has 0 unspecified atom stereocenters. The van der Waals surface area contributed by atoms with Crippen molar-refractivity contribution in [3.05, 3.63) is 70.2 Å². The van der Waals surface area contributed by atoms with Crippen LogP contribution in [0.25, 0.3) is 10.6 Å². The summed E-state index contributed by atoms with van der Waals surface area (Å²) in [6.45, 7) is 3.36. The number of amides is 1. The van der Waals surface area contributed by atoms with Crippen molar-refractivity contribution in [3.63, 3.8) is 0 Å². The van der Waals surface area contributed by atoms with Crippen LogP contribution in [0.2, 0.25) is 5.02 Å². The van der Waals surface area contributed by atoms with Gasteiger partial charge in [-0.2, -0.15) is 0 Å². The number of piperidine rings is 1. The first-order chi connectivity index (χ1) is 13.6. The SMILES string of the molecule is Cc1csc(-c2cccc(C(=O)N3CCC(Oc4ccc(Cl)cc4)CC3)c2)n1. The van der Waals surface area contributed by atoms with Gasteiger partial charge in [0.25, 0.3) is 5.91 Å². The number of rotatable bonds is 4. The fourth-order valence-electron chi connectivity index (χ4n) is 3.34. The number of halogens is 1. The highest BCUT2D eigenvalue weighted by atomic mass is 35.5. The van der Waals surface area contributed by atoms with E-state index in [-0.39, 0.29) is 12.0 Å². The number of aryl methyl sites for hydroxylation is 1. The zero-order chi connectivity index (χ0) is 19.5. The normalized spacial score (nSPS) is 14.9. The molecule has 2 aromatic carbocycles. The summed E-state index contributed by atoms with van der Waals surface area (Å²) in [5.41, 5.74) is 2.70. The lowest BCUT2D eigenvalue weighted by atomic mass is 10.0. The first-order valence-corrected chi connectivity index (χ1v) is 10.6. The van der Waals surface area contributed by atoms with Crippen LogP contribution >= 0.6 is 22.9 Å². The maximum atomic E-state index is 12.9. The number of ether oxygens (including phenoxy) is 1. The number of likely N-dealkylation sites (tertiary alicyclic amines) is 1. The van der Waals surface area contributed by atoms with E-state index < -0.39 is 0 Å². The van der Waals surface area contributed by atoms with E-state index in [9.17, 15) is 4.79 Å². The average Bonchev–Trinajstić information content (AvgIpc) is 3.16. The summed E-state index contributed by atoms with van der Waals surface area (Å²) in [6.07, 6.45) is 1.76. The van der Waals surface area contributed by atoms with Gasteiger partial charge in [-0.1, -0.05) is 23.7 Å². The zero-order valence-electron chi connectivity index (χ0n) is 15.6. The quantitative estimate of drug-likeness (QED) is 0.571. The summed E-state index contributed by atoms with van der Waals surface area (Å²) in [5, 5.41) is 3.67. The van der Waals surface area contributed by atoms with Gasteiger partial charge in [-0.15, -0.1) is 11.3 Å². The Kier molecular flexibility index (Phi) is 5.64. The van der Waals surface area contributed by atoms with Crippen molar-refractivity contribution < 1.29 is 9.53 Å². The standard InChI is InChI=1S/C22H21ClN2O2S/c1-15-14-28-21(24-15)16-3-2-4-17(13-16)22(26)25-11-9-20(10-12-25)27-19-7-5-18(23)6-8-19/h2-8,13-14,20H,9-12H2,1H3. The van der Waals surface area contributed by atoms with Gasteiger partial charge in [0.1, 0.15) is 16.9 Å². The van der Waals surface area contributed by atoms with Crippen molar-refractivity contribution in [2.45, 2.75) is 25.9 Å². The number of hydrogen-bond acceptors (Lipinski definition) is 4. The number of benzene rings is 2. The van der Waals surface area contributed by atoms with Gasteiger partial charge in [0.05, 0.1) is 0 Å². The molecule has 0 saturated carbocycles. The minimum atomic E-state index is 0.0695. The molecule has 4 rings (SSSR count). The number of hydrogen-bond donors (Lipinski definition) is 0. The second kappa shape index (κ2) is 8.33. The third kappa shape index (κ3) is 4.37. The highest BCUT2D eigenvalue weighted by Gasteiger charge is 2.25. The van der Waals surface area contributed by atoms with Gasteiger partial charge >= 0.3 is 0 Å². The average molecular weight is 413 g/mol. The number of aromatic nitrogens is 1. The van der Waals surface area contributed by atoms with E-state index in [1.807, 2.05) is 65.7 Å². The van der Waals surface area contributed by atoms with Gasteiger partial charge in [-0.25, -0.2) is 4.98 Å². The van der Waals surface area contributed by atoms with E-state index in [4.69, 9.17) is 16.3 Å². The van der Waals surface area contributed by atoms with E-state index in [2.05, 4.69) is 4.98 Å². The Hall–Kier alpha value is -2.37. The molecule has 0 radical (unpaired) electrons. The minimum absolute atomic E-state index is 0.0695. The van der Waals surface area contributed by atoms with Gasteiger partial charge in [0, 0.05) is 53.2 Å². The van der Waals surface area contributed by atoms with Crippen molar-refractivity contribution >= 4 is 28.8 Å². The van der Waals surface area contributed by atoms with Crippen LogP contribution < -0.4 is 4.74 Å². The lowest BCUT2D eigenvalue weighted by Crippen LogP contribution is -2.41. The molecule has 144 valence electrons. The van der Waals surface area contributed by atoms with Crippen molar-refractivity contribution in [2.75, 3.05) is 13.1 Å². The first kappa shape index (κ1) is 19.0. The number of nitrogens with zero attached hydrogens (tertiary/aromatic N) is 2. The zero-order valence-corrected chi connectivity index (χ0v) is 17.2. The largest absolute Gasteiger partial charge is 0.490 e. The van der Waals surface area contributed by atoms with Gasteiger partial charge in [0.15, 0.2) is 0 Å². The van der Waals surface area contributed by atoms with Crippen LogP contribution in [0.4, 0.5) is 0 Å². The van der Waals surface area contributed by atoms with Crippen LogP contribution in [0.1, 0.15) is 28.9 Å². The van der Waals surface area contributed by atoms with E-state index >= 15 is 0 Å². The fourth-order valence-corrected chi connectivity index (χ4v) is 4.26. The molecular formula is C22H21ClN2O2S. The molecule has 2 heterocycles. The van der Waals surface area contributed by atoms with Gasteiger partial charge in [0.2, 0.25) is 0 Å². The molecule has 0 atom stereocenters. The Labute approximate surface area is 173 Å². The minimum Gasteiger partial charge on any atom is -0.490 e. The van der Waals surface area contributed by atoms with Gasteiger partial charge < -0.3 is 9.64 Å². The molecule has 0 aliphatic carbocycles. The maximum absolute atomic E-state index is 12.9. The molecule has 1 amide bonds.